The molecule has 2 N–H and O–H groups in total. The second-order valence-electron chi connectivity index (χ2n) is 11.4. The van der Waals surface area contributed by atoms with Crippen LogP contribution in [0.2, 0.25) is 15.1 Å². The highest BCUT2D eigenvalue weighted by Gasteiger charge is 2.40. The number of nitrogens with one attached hydrogen (secondary N) is 2. The quantitative estimate of drug-likeness (QED) is 0.263. The third-order valence-corrected chi connectivity index (χ3v) is 9.64. The van der Waals surface area contributed by atoms with Crippen LogP contribution in [0.3, 0.4) is 0 Å². The van der Waals surface area contributed by atoms with Crippen LogP contribution in [0, 0.1) is 30.6 Å². The Morgan fingerprint density at radius 1 is 1.00 bits per heavy atom. The topological polar surface area (TPSA) is 58.9 Å². The van der Waals surface area contributed by atoms with E-state index in [-0.39, 0.29) is 5.91 Å². The maximum atomic E-state index is 13.4. The lowest BCUT2D eigenvalue weighted by Gasteiger charge is -2.47. The van der Waals surface area contributed by atoms with Crippen molar-refractivity contribution in [1.82, 2.24) is 20.4 Å². The number of fused-ring (bicyclic) bond motifs is 2. The monoisotopic (exact) mass is 586 g/mol. The molecule has 0 saturated heterocycles. The largest absolute Gasteiger partial charge is 0.349 e. The molecule has 2 fully saturated rings. The van der Waals surface area contributed by atoms with E-state index in [0.717, 1.165) is 52.7 Å². The van der Waals surface area contributed by atoms with E-state index in [2.05, 4.69) is 24.5 Å². The van der Waals surface area contributed by atoms with Crippen LogP contribution in [-0.2, 0) is 0 Å². The predicted octanol–water partition coefficient (Wildman–Crippen LogP) is 7.98. The molecule has 39 heavy (non-hydrogen) atoms. The summed E-state index contributed by atoms with van der Waals surface area (Å²) in [5.74, 6) is 3.00. The molecule has 3 aromatic rings. The number of halogens is 3. The van der Waals surface area contributed by atoms with Crippen molar-refractivity contribution in [3.05, 3.63) is 68.8 Å². The highest BCUT2D eigenvalue weighted by Crippen LogP contribution is 2.45. The molecule has 0 spiro atoms. The van der Waals surface area contributed by atoms with Gasteiger partial charge in [-0.3, -0.25) is 4.79 Å². The molecule has 2 aromatic carbocycles. The number of carbonyl (C=O) groups excluding carboxylic acids is 1. The van der Waals surface area contributed by atoms with E-state index >= 15 is 0 Å². The fraction of sp³-hybridized carbons (Fsp3) is 0.484. The number of benzene rings is 2. The number of carbonyl (C=O) groups is 1. The van der Waals surface area contributed by atoms with Crippen LogP contribution in [0.1, 0.15) is 62.0 Å². The first-order valence-electron chi connectivity index (χ1n) is 14.1. The van der Waals surface area contributed by atoms with E-state index in [9.17, 15) is 4.79 Å². The molecule has 2 aliphatic rings. The summed E-state index contributed by atoms with van der Waals surface area (Å²) in [5.41, 5.74) is 3.61. The number of nitrogens with zero attached hydrogens (tertiary/aromatic N) is 2. The summed E-state index contributed by atoms with van der Waals surface area (Å²) in [7, 11) is 0. The van der Waals surface area contributed by atoms with Gasteiger partial charge in [0.15, 0.2) is 5.69 Å². The zero-order chi connectivity index (χ0) is 27.7. The summed E-state index contributed by atoms with van der Waals surface area (Å²) in [6, 6.07) is 13.4. The number of rotatable bonds is 8. The van der Waals surface area contributed by atoms with Crippen LogP contribution in [0.4, 0.5) is 0 Å². The third kappa shape index (κ3) is 6.17. The summed E-state index contributed by atoms with van der Waals surface area (Å²) in [6.07, 6.45) is 6.60. The molecule has 0 radical (unpaired) electrons. The Hall–Kier alpha value is -2.05. The first kappa shape index (κ1) is 28.5. The van der Waals surface area contributed by atoms with Gasteiger partial charge in [-0.2, -0.15) is 5.10 Å². The van der Waals surface area contributed by atoms with Crippen LogP contribution in [0.25, 0.3) is 16.9 Å². The lowest BCUT2D eigenvalue weighted by molar-refractivity contribution is 0.0612. The number of amides is 1. The molecular formula is C31H37Cl3N4O. The van der Waals surface area contributed by atoms with Crippen molar-refractivity contribution in [1.29, 1.82) is 0 Å². The van der Waals surface area contributed by atoms with E-state index < -0.39 is 0 Å². The predicted molar refractivity (Wildman–Crippen MR) is 161 cm³/mol. The Morgan fingerprint density at radius 3 is 2.49 bits per heavy atom. The molecule has 2 bridgehead atoms. The summed E-state index contributed by atoms with van der Waals surface area (Å²) >= 11 is 18.6. The molecule has 5 unspecified atom stereocenters. The van der Waals surface area contributed by atoms with Crippen molar-refractivity contribution in [3.63, 3.8) is 0 Å². The second-order valence-corrected chi connectivity index (χ2v) is 12.7. The van der Waals surface area contributed by atoms with Crippen molar-refractivity contribution in [2.45, 2.75) is 58.9 Å². The Balaban J connectivity index is 1.32. The van der Waals surface area contributed by atoms with Gasteiger partial charge in [0.05, 0.1) is 21.4 Å². The molecular weight excluding hydrogens is 551 g/mol. The smallest absolute Gasteiger partial charge is 0.272 e. The van der Waals surface area contributed by atoms with Gasteiger partial charge in [-0.05, 0) is 86.6 Å². The summed E-state index contributed by atoms with van der Waals surface area (Å²) in [5, 5.41) is 13.2. The number of aromatic nitrogens is 2. The maximum absolute atomic E-state index is 13.4. The molecule has 5 nitrogen and oxygen atoms in total. The number of hydrogen-bond donors (Lipinski definition) is 2. The highest BCUT2D eigenvalue weighted by molar-refractivity contribution is 6.42. The van der Waals surface area contributed by atoms with Gasteiger partial charge >= 0.3 is 0 Å². The highest BCUT2D eigenvalue weighted by atomic mass is 35.5. The zero-order valence-electron chi connectivity index (χ0n) is 22.8. The van der Waals surface area contributed by atoms with E-state index in [0.29, 0.717) is 33.3 Å². The Bertz CT molecular complexity index is 1320. The molecule has 1 heterocycles. The lowest BCUT2D eigenvalue weighted by Crippen LogP contribution is -2.51. The molecule has 0 aliphatic heterocycles. The van der Waals surface area contributed by atoms with Crippen molar-refractivity contribution >= 4 is 40.7 Å². The summed E-state index contributed by atoms with van der Waals surface area (Å²) < 4.78 is 1.75. The summed E-state index contributed by atoms with van der Waals surface area (Å²) in [6.45, 7) is 7.94. The van der Waals surface area contributed by atoms with Gasteiger partial charge in [0.25, 0.3) is 5.91 Å². The molecule has 5 rings (SSSR count). The molecule has 2 aliphatic carbocycles. The Morgan fingerprint density at radius 2 is 1.77 bits per heavy atom. The molecule has 5 atom stereocenters. The molecule has 8 heteroatoms. The minimum atomic E-state index is -0.189. The average Bonchev–Trinajstić information content (AvgIpc) is 3.26. The van der Waals surface area contributed by atoms with Crippen molar-refractivity contribution in [2.75, 3.05) is 13.1 Å². The van der Waals surface area contributed by atoms with Gasteiger partial charge in [-0.1, -0.05) is 67.2 Å². The second kappa shape index (κ2) is 12.2. The molecule has 2 saturated carbocycles. The average molecular weight is 588 g/mol. The Kier molecular flexibility index (Phi) is 8.92. The van der Waals surface area contributed by atoms with E-state index in [1.165, 1.54) is 32.1 Å². The van der Waals surface area contributed by atoms with Gasteiger partial charge < -0.3 is 10.6 Å². The fourth-order valence-corrected chi connectivity index (χ4v) is 7.38. The van der Waals surface area contributed by atoms with E-state index in [1.807, 2.05) is 37.3 Å². The van der Waals surface area contributed by atoms with Crippen LogP contribution < -0.4 is 10.6 Å². The third-order valence-electron chi connectivity index (χ3n) is 8.65. The minimum absolute atomic E-state index is 0.189. The Labute approximate surface area is 246 Å². The van der Waals surface area contributed by atoms with Crippen LogP contribution in [0.5, 0.6) is 0 Å². The fourth-order valence-electron chi connectivity index (χ4n) is 6.96. The maximum Gasteiger partial charge on any atom is 0.272 e. The minimum Gasteiger partial charge on any atom is -0.349 e. The van der Waals surface area contributed by atoms with Crippen molar-refractivity contribution in [3.8, 4) is 16.9 Å². The lowest BCUT2D eigenvalue weighted by atomic mass is 9.62. The van der Waals surface area contributed by atoms with Crippen LogP contribution >= 0.6 is 34.8 Å². The molecule has 1 amide bonds. The summed E-state index contributed by atoms with van der Waals surface area (Å²) in [4.78, 5) is 13.4. The SMILES string of the molecule is CCC1CC2CC(C)CC(C2)C1NCCNC(=O)c1nn(-c2ccc(Cl)c(Cl)c2)c(-c2ccc(Cl)cc2)c1C. The van der Waals surface area contributed by atoms with Gasteiger partial charge in [0.2, 0.25) is 0 Å². The van der Waals surface area contributed by atoms with Crippen LogP contribution in [0.15, 0.2) is 42.5 Å². The standard InChI is InChI=1S/C31H37Cl3N4O/c1-4-21-15-20-13-18(2)14-23(16-20)29(21)35-11-12-36-31(39)28-19(3)30(22-5-7-24(32)8-6-22)38(37-28)25-9-10-26(33)27(34)17-25/h5-10,17-18,20-21,23,29,35H,4,11-16H2,1-3H3,(H,36,39). The molecule has 208 valence electrons. The van der Waals surface area contributed by atoms with E-state index in [4.69, 9.17) is 39.9 Å². The normalized spacial score (nSPS) is 24.5. The van der Waals surface area contributed by atoms with Gasteiger partial charge in [-0.25, -0.2) is 4.68 Å². The number of hydrogen-bond acceptors (Lipinski definition) is 3. The van der Waals surface area contributed by atoms with Gasteiger partial charge in [0, 0.05) is 35.3 Å². The van der Waals surface area contributed by atoms with Crippen molar-refractivity contribution < 1.29 is 4.79 Å². The first-order chi connectivity index (χ1) is 18.7. The molecule has 1 aromatic heterocycles. The van der Waals surface area contributed by atoms with Gasteiger partial charge in [-0.15, -0.1) is 0 Å². The zero-order valence-corrected chi connectivity index (χ0v) is 25.1. The van der Waals surface area contributed by atoms with Gasteiger partial charge in [0.1, 0.15) is 0 Å². The van der Waals surface area contributed by atoms with Crippen LogP contribution in [-0.4, -0.2) is 34.8 Å². The van der Waals surface area contributed by atoms with Crippen molar-refractivity contribution in [2.24, 2.45) is 23.7 Å². The first-order valence-corrected chi connectivity index (χ1v) is 15.2. The van der Waals surface area contributed by atoms with E-state index in [1.54, 1.807) is 16.8 Å².